The lowest BCUT2D eigenvalue weighted by molar-refractivity contribution is -0.123. The molecule has 0 aliphatic heterocycles. The molecule has 5 nitrogen and oxygen atoms in total. The van der Waals surface area contributed by atoms with Crippen LogP contribution in [0.2, 0.25) is 0 Å². The summed E-state index contributed by atoms with van der Waals surface area (Å²) in [5, 5.41) is 8.26. The van der Waals surface area contributed by atoms with E-state index in [1.165, 1.54) is 0 Å². The molecule has 82 valence electrons. The first-order valence-corrected chi connectivity index (χ1v) is 5.38. The zero-order valence-corrected chi connectivity index (χ0v) is 8.73. The minimum Gasteiger partial charge on any atom is -0.295 e. The molecule has 0 radical (unpaired) electrons. The predicted octanol–water partition coefficient (Wildman–Crippen LogP) is 1.22. The molecule has 2 atom stereocenters. The van der Waals surface area contributed by atoms with E-state index in [0.29, 0.717) is 0 Å². The highest BCUT2D eigenvalue weighted by atomic mass is 16.1. The molecule has 0 bridgehead atoms. The van der Waals surface area contributed by atoms with Gasteiger partial charge in [-0.3, -0.25) is 14.2 Å². The zero-order valence-electron chi connectivity index (χ0n) is 8.73. The fourth-order valence-corrected chi connectivity index (χ4v) is 2.28. The van der Waals surface area contributed by atoms with Gasteiger partial charge in [-0.2, -0.15) is 10.2 Å². The molecule has 3 rings (SSSR count). The van der Waals surface area contributed by atoms with Crippen molar-refractivity contribution >= 4 is 5.78 Å². The first kappa shape index (κ1) is 9.33. The lowest BCUT2D eigenvalue weighted by atomic mass is 10.2. The highest BCUT2D eigenvalue weighted by molar-refractivity contribution is 5.88. The van der Waals surface area contributed by atoms with Crippen LogP contribution in [-0.2, 0) is 4.79 Å². The molecule has 1 aliphatic rings. The Bertz CT molecular complexity index is 430. The maximum atomic E-state index is 12.2. The summed E-state index contributed by atoms with van der Waals surface area (Å²) in [4.78, 5) is 12.2. The van der Waals surface area contributed by atoms with Gasteiger partial charge in [0.25, 0.3) is 0 Å². The molecule has 1 saturated carbocycles. The topological polar surface area (TPSA) is 52.7 Å². The first-order valence-electron chi connectivity index (χ1n) is 5.38. The molecule has 0 N–H and O–H groups in total. The molecule has 0 amide bonds. The maximum absolute atomic E-state index is 12.2. The standard InChI is InChI=1S/C11H12N4O/c16-11-9(14-7-1-5-12-14)3-4-10(11)15-8-2-6-13-15/h1-2,5-10H,3-4H2. The Morgan fingerprint density at radius 1 is 1.00 bits per heavy atom. The second-order valence-corrected chi connectivity index (χ2v) is 3.98. The summed E-state index contributed by atoms with van der Waals surface area (Å²) < 4.78 is 3.48. The van der Waals surface area contributed by atoms with E-state index < -0.39 is 0 Å². The predicted molar refractivity (Wildman–Crippen MR) is 56.8 cm³/mol. The van der Waals surface area contributed by atoms with Gasteiger partial charge in [-0.25, -0.2) is 0 Å². The molecule has 2 heterocycles. The first-order chi connectivity index (χ1) is 7.86. The van der Waals surface area contributed by atoms with Crippen molar-refractivity contribution in [2.24, 2.45) is 0 Å². The van der Waals surface area contributed by atoms with E-state index in [1.807, 2.05) is 24.5 Å². The molecule has 5 heteroatoms. The van der Waals surface area contributed by atoms with Crippen molar-refractivity contribution in [3.63, 3.8) is 0 Å². The third-order valence-electron chi connectivity index (χ3n) is 3.06. The van der Waals surface area contributed by atoms with Gasteiger partial charge >= 0.3 is 0 Å². The molecule has 2 unspecified atom stereocenters. The van der Waals surface area contributed by atoms with E-state index in [-0.39, 0.29) is 17.9 Å². The molecule has 16 heavy (non-hydrogen) atoms. The van der Waals surface area contributed by atoms with Gasteiger partial charge in [0.05, 0.1) is 0 Å². The summed E-state index contributed by atoms with van der Waals surface area (Å²) in [6.45, 7) is 0. The summed E-state index contributed by atoms with van der Waals surface area (Å²) in [5.41, 5.74) is 0. The molecular formula is C11H12N4O. The molecule has 1 aliphatic carbocycles. The van der Waals surface area contributed by atoms with Crippen molar-refractivity contribution in [3.8, 4) is 0 Å². The van der Waals surface area contributed by atoms with E-state index in [2.05, 4.69) is 10.2 Å². The van der Waals surface area contributed by atoms with Gasteiger partial charge in [0.1, 0.15) is 12.1 Å². The third-order valence-corrected chi connectivity index (χ3v) is 3.06. The van der Waals surface area contributed by atoms with E-state index >= 15 is 0 Å². The summed E-state index contributed by atoms with van der Waals surface area (Å²) in [5.74, 6) is 0.201. The van der Waals surface area contributed by atoms with Gasteiger partial charge < -0.3 is 0 Å². The highest BCUT2D eigenvalue weighted by Crippen LogP contribution is 2.33. The minimum atomic E-state index is -0.121. The smallest absolute Gasteiger partial charge is 0.181 e. The van der Waals surface area contributed by atoms with Gasteiger partial charge in [-0.05, 0) is 25.0 Å². The lowest BCUT2D eigenvalue weighted by Gasteiger charge is -2.11. The number of carbonyl (C=O) groups is 1. The van der Waals surface area contributed by atoms with Crippen LogP contribution in [0.4, 0.5) is 0 Å². The van der Waals surface area contributed by atoms with Crippen molar-refractivity contribution in [3.05, 3.63) is 36.9 Å². The number of hydrogen-bond acceptors (Lipinski definition) is 3. The van der Waals surface area contributed by atoms with Crippen LogP contribution < -0.4 is 0 Å². The molecule has 0 saturated heterocycles. The molecule has 0 spiro atoms. The third kappa shape index (κ3) is 1.36. The second-order valence-electron chi connectivity index (χ2n) is 3.98. The van der Waals surface area contributed by atoms with E-state index in [4.69, 9.17) is 0 Å². The van der Waals surface area contributed by atoms with Crippen LogP contribution in [0.15, 0.2) is 36.9 Å². The number of carbonyl (C=O) groups excluding carboxylic acids is 1. The quantitative estimate of drug-likeness (QED) is 0.758. The Morgan fingerprint density at radius 2 is 1.50 bits per heavy atom. The van der Waals surface area contributed by atoms with Crippen molar-refractivity contribution in [1.82, 2.24) is 19.6 Å². The SMILES string of the molecule is O=C1C(n2cccn2)CCC1n1cccn1. The van der Waals surface area contributed by atoms with Crippen molar-refractivity contribution < 1.29 is 4.79 Å². The van der Waals surface area contributed by atoms with E-state index in [9.17, 15) is 4.79 Å². The summed E-state index contributed by atoms with van der Waals surface area (Å²) in [6, 6.07) is 3.44. The average molecular weight is 216 g/mol. The Morgan fingerprint density at radius 3 is 1.88 bits per heavy atom. The van der Waals surface area contributed by atoms with Crippen molar-refractivity contribution in [2.45, 2.75) is 24.9 Å². The molecule has 0 aromatic carbocycles. The molecule has 1 fully saturated rings. The van der Waals surface area contributed by atoms with Crippen LogP contribution in [0.1, 0.15) is 24.9 Å². The largest absolute Gasteiger partial charge is 0.295 e. The Kier molecular flexibility index (Phi) is 2.09. The van der Waals surface area contributed by atoms with Crippen molar-refractivity contribution in [2.75, 3.05) is 0 Å². The molecule has 2 aromatic heterocycles. The summed E-state index contributed by atoms with van der Waals surface area (Å²) in [7, 11) is 0. The Balaban J connectivity index is 1.86. The summed E-state index contributed by atoms with van der Waals surface area (Å²) in [6.07, 6.45) is 8.77. The van der Waals surface area contributed by atoms with Gasteiger partial charge in [0.15, 0.2) is 5.78 Å². The number of nitrogens with zero attached hydrogens (tertiary/aromatic N) is 4. The van der Waals surface area contributed by atoms with Crippen LogP contribution in [0.25, 0.3) is 0 Å². The Labute approximate surface area is 92.7 Å². The van der Waals surface area contributed by atoms with Crippen molar-refractivity contribution in [1.29, 1.82) is 0 Å². The van der Waals surface area contributed by atoms with Crippen LogP contribution in [-0.4, -0.2) is 25.3 Å². The minimum absolute atomic E-state index is 0.121. The van der Waals surface area contributed by atoms with Gasteiger partial charge in [0, 0.05) is 24.8 Å². The number of hydrogen-bond donors (Lipinski definition) is 0. The monoisotopic (exact) mass is 216 g/mol. The normalized spacial score (nSPS) is 25.1. The van der Waals surface area contributed by atoms with E-state index in [1.54, 1.807) is 21.8 Å². The lowest BCUT2D eigenvalue weighted by Crippen LogP contribution is -2.21. The molecular weight excluding hydrogens is 204 g/mol. The van der Waals surface area contributed by atoms with Crippen LogP contribution in [0.5, 0.6) is 0 Å². The number of Topliss-reactive ketones (excluding diaryl/α,β-unsaturated/α-hetero) is 1. The van der Waals surface area contributed by atoms with Gasteiger partial charge in [0.2, 0.25) is 0 Å². The highest BCUT2D eigenvalue weighted by Gasteiger charge is 2.36. The van der Waals surface area contributed by atoms with Gasteiger partial charge in [-0.15, -0.1) is 0 Å². The van der Waals surface area contributed by atoms with Gasteiger partial charge in [-0.1, -0.05) is 0 Å². The van der Waals surface area contributed by atoms with Crippen LogP contribution in [0.3, 0.4) is 0 Å². The number of rotatable bonds is 2. The number of ketones is 1. The van der Waals surface area contributed by atoms with Crippen LogP contribution in [0, 0.1) is 0 Å². The maximum Gasteiger partial charge on any atom is 0.181 e. The number of aromatic nitrogens is 4. The fourth-order valence-electron chi connectivity index (χ4n) is 2.28. The van der Waals surface area contributed by atoms with Crippen LogP contribution >= 0.6 is 0 Å². The summed E-state index contributed by atoms with van der Waals surface area (Å²) >= 11 is 0. The zero-order chi connectivity index (χ0) is 11.0. The van der Waals surface area contributed by atoms with E-state index in [0.717, 1.165) is 12.8 Å². The second kappa shape index (κ2) is 3.59. The average Bonchev–Trinajstić information content (AvgIpc) is 2.96. The fraction of sp³-hybridized carbons (Fsp3) is 0.364. The molecule has 2 aromatic rings. The Hall–Kier alpha value is -1.91.